The Hall–Kier alpha value is 3.31. The summed E-state index contributed by atoms with van der Waals surface area (Å²) in [7, 11) is 0. The third-order valence-corrected chi connectivity index (χ3v) is 0. The zero-order valence-corrected chi connectivity index (χ0v) is 14.7. The van der Waals surface area contributed by atoms with Crippen LogP contribution in [0.4, 0.5) is 0 Å². The predicted octanol–water partition coefficient (Wildman–Crippen LogP) is -1.08. The van der Waals surface area contributed by atoms with Gasteiger partial charge in [-0.15, -0.1) is 0 Å². The fraction of sp³-hybridized carbons (Fsp3) is 0.667. The Morgan fingerprint density at radius 3 is 1.30 bits per heavy atom. The van der Waals surface area contributed by atoms with Crippen LogP contribution in [-0.4, -0.2) is 13.8 Å². The van der Waals surface area contributed by atoms with Crippen molar-refractivity contribution in [1.29, 1.82) is 0 Å². The van der Waals surface area contributed by atoms with Crippen LogP contribution < -0.4 is 35.3 Å². The molecular weight excluding hydrogens is 426 g/mol. The molecule has 0 fully saturated rings. The topological polar surface area (TPSA) is 56.0 Å². The molecule has 61 valence electrons. The Bertz CT molecular complexity index is 28.5. The molecule has 0 aromatic carbocycles. The molecule has 0 bridgehead atoms. The second-order valence-electron chi connectivity index (χ2n) is 0.284. The molecule has 0 aromatic heterocycles. The summed E-state index contributed by atoms with van der Waals surface area (Å²) in [5.74, 6) is 0.444. The molecule has 0 amide bonds. The molecule has 0 saturated carbocycles. The molecule has 3 N–H and O–H groups in total. The van der Waals surface area contributed by atoms with Gasteiger partial charge in [-0.05, 0) is 0 Å². The van der Waals surface area contributed by atoms with Crippen LogP contribution in [0.1, 0.15) is 0 Å². The smallest absolute Gasteiger partial charge is 0.870 e. The van der Waals surface area contributed by atoms with E-state index in [1.165, 1.54) is 2.43 Å². The van der Waals surface area contributed by atoms with E-state index in [4.69, 9.17) is 5.73 Å². The van der Waals surface area contributed by atoms with Gasteiger partial charge in [-0.2, -0.15) is 12.6 Å². The van der Waals surface area contributed by atoms with Crippen molar-refractivity contribution >= 4 is 57.8 Å². The van der Waals surface area contributed by atoms with Crippen molar-refractivity contribution in [3.63, 3.8) is 0 Å². The van der Waals surface area contributed by atoms with Crippen molar-refractivity contribution in [2.24, 2.45) is 5.73 Å². The summed E-state index contributed by atoms with van der Waals surface area (Å²) in [4.78, 5) is 0. The number of nitrogens with two attached hydrogens (primary N) is 1. The largest absolute Gasteiger partial charge is 1.00 e. The van der Waals surface area contributed by atoms with Gasteiger partial charge in [0.1, 0.15) is 0 Å². The number of alkyl halides is 2. The zero-order chi connectivity index (χ0) is 5.41. The monoisotopic (exact) mass is 437 g/mol. The minimum Gasteiger partial charge on any atom is -0.870 e. The summed E-state index contributed by atoms with van der Waals surface area (Å²) in [6, 6.07) is 0. The summed E-state index contributed by atoms with van der Waals surface area (Å²) in [6.45, 7) is 0. The Balaban J connectivity index is -0.00000000571. The van der Waals surface area contributed by atoms with Gasteiger partial charge < -0.3 is 18.6 Å². The molecule has 0 spiro atoms. The van der Waals surface area contributed by atoms with E-state index in [2.05, 4.69) is 57.8 Å². The summed E-state index contributed by atoms with van der Waals surface area (Å²) < 4.78 is 1.19. The van der Waals surface area contributed by atoms with Crippen molar-refractivity contribution in [1.82, 2.24) is 0 Å². The van der Waals surface area contributed by atoms with Gasteiger partial charge >= 0.3 is 29.6 Å². The number of halogens is 2. The summed E-state index contributed by atoms with van der Waals surface area (Å²) in [5, 5.41) is 0. The standard InChI is InChI=1S/CH2I2.CH5NS.CH3.Na.H2O.V/c2*2-1-3;;;;/h1H2;3H,1-2H2;1H3;;1H2;/q;;-1;+1;;/p-1. The average Bonchev–Trinajstić information content (AvgIpc) is 1.39. The van der Waals surface area contributed by atoms with Gasteiger partial charge in [0.15, 0.2) is 0 Å². The second-order valence-corrected chi connectivity index (χ2v) is 5.09. The van der Waals surface area contributed by atoms with E-state index in [-0.39, 0.29) is 61.0 Å². The van der Waals surface area contributed by atoms with Gasteiger partial charge in [-0.1, -0.05) is 45.2 Å². The fourth-order valence-corrected chi connectivity index (χ4v) is 0. The van der Waals surface area contributed by atoms with Crippen LogP contribution in [0.2, 0.25) is 0 Å². The number of thiol groups is 1. The molecule has 10 heavy (non-hydrogen) atoms. The molecule has 0 rings (SSSR count). The molecule has 0 unspecified atom stereocenters. The van der Waals surface area contributed by atoms with Gasteiger partial charge in [0.05, 0.1) is 2.43 Å². The minimum absolute atomic E-state index is 0. The van der Waals surface area contributed by atoms with Crippen molar-refractivity contribution in [3.8, 4) is 0 Å². The van der Waals surface area contributed by atoms with Crippen LogP contribution in [-0.2, 0) is 18.6 Å². The van der Waals surface area contributed by atoms with Crippen molar-refractivity contribution in [2.45, 2.75) is 0 Å². The molecule has 0 aromatic rings. The molecule has 0 aliphatic rings. The summed E-state index contributed by atoms with van der Waals surface area (Å²) in [5.41, 5.74) is 4.71. The maximum absolute atomic E-state index is 4.71. The van der Waals surface area contributed by atoms with Gasteiger partial charge in [-0.25, -0.2) is 0 Å². The Morgan fingerprint density at radius 1 is 1.30 bits per heavy atom. The Labute approximate surface area is 130 Å². The molecule has 0 aliphatic carbocycles. The molecular formula is C3H11I2NNaOSV-. The number of rotatable bonds is 0. The van der Waals surface area contributed by atoms with Gasteiger partial charge in [0.2, 0.25) is 0 Å². The Morgan fingerprint density at radius 2 is 1.30 bits per heavy atom. The van der Waals surface area contributed by atoms with Crippen LogP contribution in [0, 0.1) is 7.43 Å². The average molecular weight is 437 g/mol. The predicted molar refractivity (Wildman–Crippen MR) is 59.3 cm³/mol. The first-order chi connectivity index (χ1) is 2.83. The van der Waals surface area contributed by atoms with E-state index in [0.29, 0.717) is 5.88 Å². The summed E-state index contributed by atoms with van der Waals surface area (Å²) in [6.07, 6.45) is 0. The van der Waals surface area contributed by atoms with E-state index >= 15 is 0 Å². The maximum atomic E-state index is 4.71. The SMILES string of the molecule is ICI.NCS.[CH3-].[Na+].[OH-].[V]. The van der Waals surface area contributed by atoms with Crippen molar-refractivity contribution in [3.05, 3.63) is 7.43 Å². The number of hydrogen-bond donors (Lipinski definition) is 2. The zero-order valence-electron chi connectivity index (χ0n) is 6.09. The van der Waals surface area contributed by atoms with E-state index in [1.54, 1.807) is 0 Å². The van der Waals surface area contributed by atoms with Crippen molar-refractivity contribution < 1.29 is 53.6 Å². The fourth-order valence-electron chi connectivity index (χ4n) is 0. The van der Waals surface area contributed by atoms with E-state index < -0.39 is 0 Å². The quantitative estimate of drug-likeness (QED) is 0.127. The van der Waals surface area contributed by atoms with Gasteiger partial charge in [-0.3, -0.25) is 0 Å². The van der Waals surface area contributed by atoms with E-state index in [1.807, 2.05) is 0 Å². The van der Waals surface area contributed by atoms with Crippen LogP contribution in [0.25, 0.3) is 0 Å². The van der Waals surface area contributed by atoms with E-state index in [0.717, 1.165) is 0 Å². The molecule has 2 nitrogen and oxygen atoms in total. The third-order valence-electron chi connectivity index (χ3n) is 0. The molecule has 0 atom stereocenters. The molecule has 7 heteroatoms. The first-order valence-corrected chi connectivity index (χ1v) is 4.94. The minimum atomic E-state index is 0. The van der Waals surface area contributed by atoms with Crippen LogP contribution in [0.3, 0.4) is 0 Å². The third kappa shape index (κ3) is 110. The van der Waals surface area contributed by atoms with Gasteiger partial charge in [0, 0.05) is 24.4 Å². The first-order valence-electron chi connectivity index (χ1n) is 1.26. The normalized spacial score (nSPS) is 3.60. The molecule has 0 saturated heterocycles. The van der Waals surface area contributed by atoms with Crippen LogP contribution in [0.15, 0.2) is 0 Å². The van der Waals surface area contributed by atoms with Crippen molar-refractivity contribution in [2.75, 3.05) is 8.31 Å². The molecule has 0 heterocycles. The summed E-state index contributed by atoms with van der Waals surface area (Å²) >= 11 is 8.12. The number of hydrogen-bond acceptors (Lipinski definition) is 3. The van der Waals surface area contributed by atoms with E-state index in [9.17, 15) is 0 Å². The second kappa shape index (κ2) is 55.8. The Kier molecular flexibility index (Phi) is 211. The van der Waals surface area contributed by atoms with Crippen LogP contribution >= 0.6 is 57.8 Å². The first kappa shape index (κ1) is 37.7. The molecule has 0 aliphatic heterocycles. The van der Waals surface area contributed by atoms with Crippen LogP contribution in [0.5, 0.6) is 0 Å². The maximum Gasteiger partial charge on any atom is 1.00 e. The molecule has 1 radical (unpaired) electrons. The van der Waals surface area contributed by atoms with Gasteiger partial charge in [0.25, 0.3) is 0 Å².